The number of nitrogens with zero attached hydrogens (tertiary/aromatic N) is 2. The summed E-state index contributed by atoms with van der Waals surface area (Å²) in [6, 6.07) is 2.60. The molecule has 0 radical (unpaired) electrons. The van der Waals surface area contributed by atoms with Crippen LogP contribution in [0, 0.1) is 11.3 Å². The largest absolute Gasteiger partial charge is 0.320 e. The third kappa shape index (κ3) is 5.41. The highest BCUT2D eigenvalue weighted by Crippen LogP contribution is 2.44. The van der Waals surface area contributed by atoms with Crippen LogP contribution in [0.2, 0.25) is 0 Å². The molecule has 6 heteroatoms. The Labute approximate surface area is 93.1 Å². The molecule has 0 saturated heterocycles. The average Bonchev–Trinajstić information content (AvgIpc) is 2.15. The van der Waals surface area contributed by atoms with Gasteiger partial charge >= 0.3 is 0 Å². The summed E-state index contributed by atoms with van der Waals surface area (Å²) in [5.74, 6) is 5.21. The van der Waals surface area contributed by atoms with Crippen LogP contribution in [-0.4, -0.2) is 23.4 Å². The van der Waals surface area contributed by atoms with Crippen molar-refractivity contribution in [3.8, 4) is 6.07 Å². The molecule has 1 unspecified atom stereocenters. The third-order valence-corrected chi connectivity index (χ3v) is 3.64. The Morgan fingerprint density at radius 2 is 1.87 bits per heavy atom. The van der Waals surface area contributed by atoms with Crippen LogP contribution in [0.3, 0.4) is 0 Å². The first-order valence-electron chi connectivity index (χ1n) is 4.99. The van der Waals surface area contributed by atoms with Crippen LogP contribution >= 0.6 is 8.53 Å². The predicted molar refractivity (Wildman–Crippen MR) is 60.5 cm³/mol. The van der Waals surface area contributed by atoms with Crippen molar-refractivity contribution in [2.24, 2.45) is 5.90 Å². The van der Waals surface area contributed by atoms with Crippen LogP contribution in [0.5, 0.6) is 0 Å². The summed E-state index contributed by atoms with van der Waals surface area (Å²) in [5.41, 5.74) is 0. The summed E-state index contributed by atoms with van der Waals surface area (Å²) in [4.78, 5) is 0. The SMILES string of the molecule is CC(C)N(C(C)C)P(ON)OCCC#N. The van der Waals surface area contributed by atoms with Crippen LogP contribution < -0.4 is 5.90 Å². The van der Waals surface area contributed by atoms with E-state index in [9.17, 15) is 0 Å². The molecule has 0 aliphatic heterocycles. The predicted octanol–water partition coefficient (Wildman–Crippen LogP) is 2.15. The van der Waals surface area contributed by atoms with E-state index >= 15 is 0 Å². The van der Waals surface area contributed by atoms with Gasteiger partial charge in [0.05, 0.1) is 19.1 Å². The smallest absolute Gasteiger partial charge is 0.276 e. The second-order valence-corrected chi connectivity index (χ2v) is 5.06. The van der Waals surface area contributed by atoms with Crippen LogP contribution in [0.1, 0.15) is 34.1 Å². The lowest BCUT2D eigenvalue weighted by Gasteiger charge is -2.34. The quantitative estimate of drug-likeness (QED) is 0.414. The van der Waals surface area contributed by atoms with Crippen molar-refractivity contribution < 1.29 is 9.15 Å². The summed E-state index contributed by atoms with van der Waals surface area (Å²) in [6.45, 7) is 8.59. The van der Waals surface area contributed by atoms with Crippen molar-refractivity contribution in [3.63, 3.8) is 0 Å². The first kappa shape index (κ1) is 14.8. The fourth-order valence-electron chi connectivity index (χ4n) is 1.29. The van der Waals surface area contributed by atoms with Crippen molar-refractivity contribution in [3.05, 3.63) is 0 Å². The molecule has 0 aliphatic rings. The molecule has 0 fully saturated rings. The molecule has 0 aromatic heterocycles. The highest BCUT2D eigenvalue weighted by molar-refractivity contribution is 7.44. The average molecular weight is 233 g/mol. The molecule has 0 bridgehead atoms. The van der Waals surface area contributed by atoms with Gasteiger partial charge in [-0.2, -0.15) is 5.26 Å². The first-order chi connectivity index (χ1) is 7.04. The minimum atomic E-state index is -1.25. The van der Waals surface area contributed by atoms with Gasteiger partial charge in [0, 0.05) is 12.1 Å². The Bertz CT molecular complexity index is 198. The minimum Gasteiger partial charge on any atom is -0.320 e. The molecular weight excluding hydrogens is 213 g/mol. The van der Waals surface area contributed by atoms with Gasteiger partial charge in [-0.15, -0.1) is 0 Å². The Morgan fingerprint density at radius 1 is 1.33 bits per heavy atom. The second-order valence-electron chi connectivity index (χ2n) is 3.65. The van der Waals surface area contributed by atoms with Crippen molar-refractivity contribution >= 4 is 8.53 Å². The third-order valence-electron chi connectivity index (χ3n) is 1.75. The van der Waals surface area contributed by atoms with E-state index in [2.05, 4.69) is 32.4 Å². The maximum Gasteiger partial charge on any atom is 0.276 e. The van der Waals surface area contributed by atoms with E-state index in [1.165, 1.54) is 0 Å². The van der Waals surface area contributed by atoms with Crippen LogP contribution in [-0.2, 0) is 9.15 Å². The Hall–Kier alpha value is -0.240. The summed E-state index contributed by atoms with van der Waals surface area (Å²) in [7, 11) is -1.25. The van der Waals surface area contributed by atoms with E-state index in [1.54, 1.807) is 0 Å². The maximum atomic E-state index is 8.40. The van der Waals surface area contributed by atoms with E-state index in [-0.39, 0.29) is 0 Å². The molecule has 88 valence electrons. The highest BCUT2D eigenvalue weighted by atomic mass is 31.2. The van der Waals surface area contributed by atoms with E-state index in [4.69, 9.17) is 20.3 Å². The number of rotatable bonds is 7. The van der Waals surface area contributed by atoms with Crippen molar-refractivity contribution in [1.29, 1.82) is 5.26 Å². The zero-order valence-electron chi connectivity index (χ0n) is 9.80. The Morgan fingerprint density at radius 3 is 2.20 bits per heavy atom. The van der Waals surface area contributed by atoms with Gasteiger partial charge in [-0.25, -0.2) is 15.2 Å². The van der Waals surface area contributed by atoms with Crippen molar-refractivity contribution in [1.82, 2.24) is 4.67 Å². The zero-order valence-corrected chi connectivity index (χ0v) is 10.7. The lowest BCUT2D eigenvalue weighted by atomic mass is 10.3. The van der Waals surface area contributed by atoms with Gasteiger partial charge < -0.3 is 4.52 Å². The second kappa shape index (κ2) is 7.98. The standard InChI is InChI=1S/C9H20N3O2P/c1-8(2)12(9(3)4)15(14-11)13-7-5-6-10/h8-9H,5,7,11H2,1-4H3. The molecule has 0 amide bonds. The lowest BCUT2D eigenvalue weighted by Crippen LogP contribution is -2.34. The molecule has 5 nitrogen and oxygen atoms in total. The monoisotopic (exact) mass is 233 g/mol. The normalized spacial score (nSPS) is 13.5. The molecule has 0 heterocycles. The summed E-state index contributed by atoms with van der Waals surface area (Å²) in [5, 5.41) is 8.40. The van der Waals surface area contributed by atoms with Crippen LogP contribution in [0.25, 0.3) is 0 Å². The molecular formula is C9H20N3O2P. The van der Waals surface area contributed by atoms with Gasteiger partial charge in [-0.1, -0.05) is 0 Å². The van der Waals surface area contributed by atoms with Gasteiger partial charge in [0.15, 0.2) is 0 Å². The Balaban J connectivity index is 4.27. The van der Waals surface area contributed by atoms with Gasteiger partial charge in [0.1, 0.15) is 0 Å². The Kier molecular flexibility index (Phi) is 7.85. The van der Waals surface area contributed by atoms with Crippen LogP contribution in [0.15, 0.2) is 0 Å². The summed E-state index contributed by atoms with van der Waals surface area (Å²) >= 11 is 0. The molecule has 15 heavy (non-hydrogen) atoms. The lowest BCUT2D eigenvalue weighted by molar-refractivity contribution is 0.178. The summed E-state index contributed by atoms with van der Waals surface area (Å²) < 4.78 is 12.3. The molecule has 2 N–H and O–H groups in total. The van der Waals surface area contributed by atoms with Gasteiger partial charge in [0.25, 0.3) is 8.53 Å². The number of hydrogen-bond donors (Lipinski definition) is 1. The molecule has 0 aromatic rings. The number of hydrogen-bond acceptors (Lipinski definition) is 5. The van der Waals surface area contributed by atoms with E-state index in [0.29, 0.717) is 25.1 Å². The number of nitriles is 1. The molecule has 1 atom stereocenters. The van der Waals surface area contributed by atoms with Gasteiger partial charge in [-0.05, 0) is 27.7 Å². The van der Waals surface area contributed by atoms with E-state index in [0.717, 1.165) is 0 Å². The van der Waals surface area contributed by atoms with E-state index < -0.39 is 8.53 Å². The molecule has 0 aliphatic carbocycles. The summed E-state index contributed by atoms with van der Waals surface area (Å²) in [6.07, 6.45) is 0.353. The minimum absolute atomic E-state index is 0.293. The van der Waals surface area contributed by atoms with Crippen LogP contribution in [0.4, 0.5) is 0 Å². The topological polar surface area (TPSA) is 71.5 Å². The fraction of sp³-hybridized carbons (Fsp3) is 0.889. The first-order valence-corrected chi connectivity index (χ1v) is 6.12. The molecule has 0 spiro atoms. The van der Waals surface area contributed by atoms with Crippen molar-refractivity contribution in [2.75, 3.05) is 6.61 Å². The van der Waals surface area contributed by atoms with Crippen molar-refractivity contribution in [2.45, 2.75) is 46.2 Å². The molecule has 0 rings (SSSR count). The van der Waals surface area contributed by atoms with Gasteiger partial charge in [-0.3, -0.25) is 0 Å². The molecule has 0 saturated carbocycles. The molecule has 0 aromatic carbocycles. The van der Waals surface area contributed by atoms with E-state index in [1.807, 2.05) is 6.07 Å². The zero-order chi connectivity index (χ0) is 11.8. The number of nitrogens with two attached hydrogens (primary N) is 1. The maximum absolute atomic E-state index is 8.40. The fourth-order valence-corrected chi connectivity index (χ4v) is 2.60. The van der Waals surface area contributed by atoms with Gasteiger partial charge in [0.2, 0.25) is 0 Å². The highest BCUT2D eigenvalue weighted by Gasteiger charge is 2.26.